The number of piperazine rings is 1. The normalized spacial score (nSPS) is 16.1. The molecule has 2 aromatic rings. The van der Waals surface area contributed by atoms with Gasteiger partial charge in [-0.15, -0.1) is 0 Å². The first-order valence-corrected chi connectivity index (χ1v) is 8.95. The van der Waals surface area contributed by atoms with E-state index in [2.05, 4.69) is 56.6 Å². The number of nitrogens with zero attached hydrogens (tertiary/aromatic N) is 3. The molecular formula is C19H27N5O. The Bertz CT molecular complexity index is 686. The molecule has 3 rings (SSSR count). The molecule has 6 heteroatoms. The summed E-state index contributed by atoms with van der Waals surface area (Å²) in [7, 11) is 2.17. The summed E-state index contributed by atoms with van der Waals surface area (Å²) in [6, 6.07) is 10.3. The van der Waals surface area contributed by atoms with Crippen molar-refractivity contribution < 1.29 is 4.79 Å². The summed E-state index contributed by atoms with van der Waals surface area (Å²) in [5, 5.41) is 9.82. The summed E-state index contributed by atoms with van der Waals surface area (Å²) in [5.41, 5.74) is 3.84. The van der Waals surface area contributed by atoms with Crippen molar-refractivity contribution in [1.82, 2.24) is 25.3 Å². The van der Waals surface area contributed by atoms with Crippen molar-refractivity contribution in [1.29, 1.82) is 0 Å². The number of hydrogen-bond donors (Lipinski definition) is 2. The van der Waals surface area contributed by atoms with Crippen LogP contribution in [0.2, 0.25) is 0 Å². The molecule has 0 saturated carbocycles. The molecule has 1 amide bonds. The van der Waals surface area contributed by atoms with E-state index in [1.807, 2.05) is 6.92 Å². The molecular weight excluding hydrogens is 314 g/mol. The number of benzene rings is 1. The van der Waals surface area contributed by atoms with Crippen molar-refractivity contribution >= 4 is 5.91 Å². The van der Waals surface area contributed by atoms with Crippen LogP contribution >= 0.6 is 0 Å². The Labute approximate surface area is 149 Å². The number of aryl methyl sites for hydroxylation is 1. The topological polar surface area (TPSA) is 64.3 Å². The van der Waals surface area contributed by atoms with E-state index in [0.717, 1.165) is 50.4 Å². The van der Waals surface area contributed by atoms with Gasteiger partial charge in [0.2, 0.25) is 0 Å². The number of carbonyl (C=O) groups excluding carboxylic acids is 1. The average molecular weight is 341 g/mol. The lowest BCUT2D eigenvalue weighted by Crippen LogP contribution is -2.43. The van der Waals surface area contributed by atoms with E-state index in [0.29, 0.717) is 12.2 Å². The molecule has 2 heterocycles. The predicted octanol–water partition coefficient (Wildman–Crippen LogP) is 1.65. The highest BCUT2D eigenvalue weighted by Crippen LogP contribution is 2.10. The summed E-state index contributed by atoms with van der Waals surface area (Å²) in [4.78, 5) is 17.0. The zero-order valence-corrected chi connectivity index (χ0v) is 15.1. The van der Waals surface area contributed by atoms with Gasteiger partial charge >= 0.3 is 0 Å². The van der Waals surface area contributed by atoms with E-state index in [1.54, 1.807) is 6.07 Å². The molecule has 0 radical (unpaired) electrons. The second-order valence-electron chi connectivity index (χ2n) is 6.71. The largest absolute Gasteiger partial charge is 0.347 e. The molecule has 6 nitrogen and oxygen atoms in total. The number of hydrogen-bond acceptors (Lipinski definition) is 4. The molecule has 1 aromatic heterocycles. The smallest absolute Gasteiger partial charge is 0.272 e. The molecule has 0 bridgehead atoms. The van der Waals surface area contributed by atoms with Gasteiger partial charge in [-0.1, -0.05) is 31.2 Å². The first-order valence-electron chi connectivity index (χ1n) is 8.95. The van der Waals surface area contributed by atoms with Crippen LogP contribution in [0, 0.1) is 0 Å². The van der Waals surface area contributed by atoms with Crippen LogP contribution in [0.1, 0.15) is 34.2 Å². The molecule has 0 atom stereocenters. The number of aromatic nitrogens is 2. The van der Waals surface area contributed by atoms with Crippen molar-refractivity contribution in [3.63, 3.8) is 0 Å². The molecule has 0 aliphatic carbocycles. The number of likely N-dealkylation sites (N-methyl/N-ethyl adjacent to an activating group) is 1. The van der Waals surface area contributed by atoms with Crippen LogP contribution in [-0.4, -0.2) is 59.1 Å². The molecule has 25 heavy (non-hydrogen) atoms. The van der Waals surface area contributed by atoms with Gasteiger partial charge in [0.15, 0.2) is 0 Å². The van der Waals surface area contributed by atoms with E-state index in [1.165, 1.54) is 5.56 Å². The zero-order valence-electron chi connectivity index (χ0n) is 15.1. The Morgan fingerprint density at radius 1 is 1.16 bits per heavy atom. The maximum Gasteiger partial charge on any atom is 0.272 e. The highest BCUT2D eigenvalue weighted by atomic mass is 16.1. The number of amides is 1. The minimum absolute atomic E-state index is 0.141. The highest BCUT2D eigenvalue weighted by molar-refractivity contribution is 5.92. The van der Waals surface area contributed by atoms with Crippen LogP contribution in [0.5, 0.6) is 0 Å². The lowest BCUT2D eigenvalue weighted by atomic mass is 10.1. The Morgan fingerprint density at radius 2 is 1.84 bits per heavy atom. The third-order valence-electron chi connectivity index (χ3n) is 4.72. The standard InChI is InChI=1S/C19H27N5O/c1-3-17-12-18(22-21-17)19(25)20-13-15-4-6-16(7-5-15)14-24-10-8-23(2)9-11-24/h4-7,12H,3,8-11,13-14H2,1-2H3,(H,20,25)(H,21,22). The fourth-order valence-corrected chi connectivity index (χ4v) is 2.96. The van der Waals surface area contributed by atoms with Gasteiger partial charge < -0.3 is 10.2 Å². The molecule has 134 valence electrons. The molecule has 1 fully saturated rings. The second-order valence-corrected chi connectivity index (χ2v) is 6.71. The van der Waals surface area contributed by atoms with Gasteiger partial charge in [-0.2, -0.15) is 5.10 Å². The summed E-state index contributed by atoms with van der Waals surface area (Å²) < 4.78 is 0. The Morgan fingerprint density at radius 3 is 2.48 bits per heavy atom. The minimum Gasteiger partial charge on any atom is -0.347 e. The van der Waals surface area contributed by atoms with Gasteiger partial charge in [0.25, 0.3) is 5.91 Å². The van der Waals surface area contributed by atoms with Crippen LogP contribution in [0.15, 0.2) is 30.3 Å². The maximum atomic E-state index is 12.1. The van der Waals surface area contributed by atoms with E-state index in [9.17, 15) is 4.79 Å². The number of aromatic amines is 1. The summed E-state index contributed by atoms with van der Waals surface area (Å²) in [6.45, 7) is 8.05. The molecule has 2 N–H and O–H groups in total. The first kappa shape index (κ1) is 17.6. The van der Waals surface area contributed by atoms with E-state index in [-0.39, 0.29) is 5.91 Å². The third-order valence-corrected chi connectivity index (χ3v) is 4.72. The van der Waals surface area contributed by atoms with Gasteiger partial charge in [-0.05, 0) is 30.7 Å². The minimum atomic E-state index is -0.141. The van der Waals surface area contributed by atoms with Crippen molar-refractivity contribution in [2.45, 2.75) is 26.4 Å². The molecule has 1 saturated heterocycles. The van der Waals surface area contributed by atoms with Gasteiger partial charge in [0, 0.05) is 45.0 Å². The van der Waals surface area contributed by atoms with Crippen LogP contribution in [0.4, 0.5) is 0 Å². The maximum absolute atomic E-state index is 12.1. The fraction of sp³-hybridized carbons (Fsp3) is 0.474. The molecule has 1 aromatic carbocycles. The highest BCUT2D eigenvalue weighted by Gasteiger charge is 2.14. The summed E-state index contributed by atoms with van der Waals surface area (Å²) in [5.74, 6) is -0.141. The average Bonchev–Trinajstić information content (AvgIpc) is 3.12. The molecule has 0 spiro atoms. The van der Waals surface area contributed by atoms with Gasteiger partial charge in [-0.3, -0.25) is 14.8 Å². The van der Waals surface area contributed by atoms with Crippen molar-refractivity contribution in [2.75, 3.05) is 33.2 Å². The van der Waals surface area contributed by atoms with Gasteiger partial charge in [0.1, 0.15) is 5.69 Å². The van der Waals surface area contributed by atoms with Gasteiger partial charge in [-0.25, -0.2) is 0 Å². The SMILES string of the molecule is CCc1cc(C(=O)NCc2ccc(CN3CCN(C)CC3)cc2)n[nH]1. The van der Waals surface area contributed by atoms with E-state index >= 15 is 0 Å². The number of nitrogens with one attached hydrogen (secondary N) is 2. The monoisotopic (exact) mass is 341 g/mol. The predicted molar refractivity (Wildman–Crippen MR) is 98.4 cm³/mol. The van der Waals surface area contributed by atoms with Crippen molar-refractivity contribution in [3.8, 4) is 0 Å². The van der Waals surface area contributed by atoms with Crippen LogP contribution < -0.4 is 5.32 Å². The fourth-order valence-electron chi connectivity index (χ4n) is 2.96. The molecule has 1 aliphatic rings. The zero-order chi connectivity index (χ0) is 17.6. The third kappa shape index (κ3) is 4.90. The van der Waals surface area contributed by atoms with Crippen LogP contribution in [-0.2, 0) is 19.5 Å². The lowest BCUT2D eigenvalue weighted by molar-refractivity contribution is 0.0946. The van der Waals surface area contributed by atoms with Crippen molar-refractivity contribution in [3.05, 3.63) is 52.8 Å². The van der Waals surface area contributed by atoms with Gasteiger partial charge in [0.05, 0.1) is 0 Å². The molecule has 1 aliphatic heterocycles. The Balaban J connectivity index is 1.48. The first-order chi connectivity index (χ1) is 12.1. The van der Waals surface area contributed by atoms with Crippen LogP contribution in [0.3, 0.4) is 0 Å². The number of H-pyrrole nitrogens is 1. The van der Waals surface area contributed by atoms with Crippen molar-refractivity contribution in [2.24, 2.45) is 0 Å². The Kier molecular flexibility index (Phi) is 5.83. The van der Waals surface area contributed by atoms with Crippen LogP contribution in [0.25, 0.3) is 0 Å². The Hall–Kier alpha value is -2.18. The summed E-state index contributed by atoms with van der Waals surface area (Å²) in [6.07, 6.45) is 0.842. The van der Waals surface area contributed by atoms with E-state index < -0.39 is 0 Å². The second kappa shape index (κ2) is 8.27. The summed E-state index contributed by atoms with van der Waals surface area (Å²) >= 11 is 0. The van der Waals surface area contributed by atoms with E-state index in [4.69, 9.17) is 0 Å². The number of rotatable bonds is 6. The lowest BCUT2D eigenvalue weighted by Gasteiger charge is -2.32. The quantitative estimate of drug-likeness (QED) is 0.839. The molecule has 0 unspecified atom stereocenters. The number of carbonyl (C=O) groups is 1.